The van der Waals surface area contributed by atoms with E-state index in [1.54, 1.807) is 5.32 Å². The van der Waals surface area contributed by atoms with Crippen LogP contribution in [-0.4, -0.2) is 63.3 Å². The summed E-state index contributed by atoms with van der Waals surface area (Å²) in [6, 6.07) is 9.96. The van der Waals surface area contributed by atoms with Gasteiger partial charge < -0.3 is 24.6 Å². The lowest BCUT2D eigenvalue weighted by molar-refractivity contribution is -0.121. The summed E-state index contributed by atoms with van der Waals surface area (Å²) < 4.78 is 16.2. The van der Waals surface area contributed by atoms with Gasteiger partial charge in [-0.2, -0.15) is 5.26 Å². The summed E-state index contributed by atoms with van der Waals surface area (Å²) in [5.74, 6) is 4.62. The molecule has 0 aliphatic rings. The SMILES string of the molecule is CC(C)(C)C(NCCCOCCOCCOCCC(=O)NC(=O)O)c1ccc(C#CC#N)cc1. The molecule has 2 amide bonds. The van der Waals surface area contributed by atoms with Crippen molar-refractivity contribution in [1.29, 1.82) is 5.26 Å². The van der Waals surface area contributed by atoms with Crippen LogP contribution in [-0.2, 0) is 19.0 Å². The van der Waals surface area contributed by atoms with Crippen LogP contribution in [0.2, 0.25) is 0 Å². The first-order valence-corrected chi connectivity index (χ1v) is 11.2. The van der Waals surface area contributed by atoms with Gasteiger partial charge in [0.25, 0.3) is 0 Å². The summed E-state index contributed by atoms with van der Waals surface area (Å²) in [5.41, 5.74) is 2.02. The van der Waals surface area contributed by atoms with Crippen LogP contribution in [0.1, 0.15) is 50.8 Å². The molecule has 9 nitrogen and oxygen atoms in total. The summed E-state index contributed by atoms with van der Waals surface area (Å²) in [6.45, 7) is 9.76. The molecule has 1 atom stereocenters. The second-order valence-corrected chi connectivity index (χ2v) is 8.53. The molecular formula is C25H35N3O6. The maximum absolute atomic E-state index is 11.1. The largest absolute Gasteiger partial charge is 0.465 e. The van der Waals surface area contributed by atoms with Crippen molar-refractivity contribution in [2.45, 2.75) is 39.7 Å². The highest BCUT2D eigenvalue weighted by atomic mass is 16.5. The number of amides is 2. The van der Waals surface area contributed by atoms with E-state index in [4.69, 9.17) is 24.6 Å². The lowest BCUT2D eigenvalue weighted by Gasteiger charge is -2.32. The number of nitrogens with zero attached hydrogens (tertiary/aromatic N) is 1. The van der Waals surface area contributed by atoms with Crippen LogP contribution in [0.4, 0.5) is 4.79 Å². The molecule has 0 aliphatic carbocycles. The summed E-state index contributed by atoms with van der Waals surface area (Å²) in [6.07, 6.45) is -0.519. The molecule has 186 valence electrons. The van der Waals surface area contributed by atoms with E-state index in [1.165, 1.54) is 5.56 Å². The van der Waals surface area contributed by atoms with E-state index in [0.29, 0.717) is 33.0 Å². The number of rotatable bonds is 15. The zero-order valence-electron chi connectivity index (χ0n) is 20.2. The predicted molar refractivity (Wildman–Crippen MR) is 127 cm³/mol. The van der Waals surface area contributed by atoms with Crippen LogP contribution in [0.15, 0.2) is 24.3 Å². The van der Waals surface area contributed by atoms with E-state index in [1.807, 2.05) is 30.3 Å². The lowest BCUT2D eigenvalue weighted by Crippen LogP contribution is -2.33. The van der Waals surface area contributed by atoms with E-state index in [0.717, 1.165) is 18.5 Å². The van der Waals surface area contributed by atoms with Crippen molar-refractivity contribution in [3.05, 3.63) is 35.4 Å². The van der Waals surface area contributed by atoms with Gasteiger partial charge in [-0.15, -0.1) is 0 Å². The van der Waals surface area contributed by atoms with Gasteiger partial charge in [0.2, 0.25) is 5.91 Å². The average Bonchev–Trinajstić information content (AvgIpc) is 2.77. The Hall–Kier alpha value is -2.95. The molecule has 1 rings (SSSR count). The number of hydrogen-bond donors (Lipinski definition) is 3. The molecule has 0 radical (unpaired) electrons. The standard InChI is InChI=1S/C25H35N3O6/c1-25(2,3)23(21-9-7-20(8-10-21)6-4-12-26)27-13-5-14-32-16-18-34-19-17-33-15-11-22(29)28-24(30)31/h7-10,23,27H,5,11,13-19H2,1-3H3,(H,28,29)(H,30,31). The number of imide groups is 1. The predicted octanol–water partition coefficient (Wildman–Crippen LogP) is 2.86. The summed E-state index contributed by atoms with van der Waals surface area (Å²) >= 11 is 0. The smallest absolute Gasteiger partial charge is 0.411 e. The molecule has 34 heavy (non-hydrogen) atoms. The minimum atomic E-state index is -1.37. The Balaban J connectivity index is 2.14. The fourth-order valence-electron chi connectivity index (χ4n) is 3.09. The van der Waals surface area contributed by atoms with E-state index in [-0.39, 0.29) is 24.5 Å². The molecule has 1 aromatic rings. The molecule has 0 spiro atoms. The third-order valence-electron chi connectivity index (χ3n) is 4.65. The highest BCUT2D eigenvalue weighted by Gasteiger charge is 2.25. The van der Waals surface area contributed by atoms with Gasteiger partial charge in [0.1, 0.15) is 0 Å². The topological polar surface area (TPSA) is 130 Å². The fourth-order valence-corrected chi connectivity index (χ4v) is 3.09. The number of carbonyl (C=O) groups excluding carboxylic acids is 1. The third-order valence-corrected chi connectivity index (χ3v) is 4.65. The zero-order chi connectivity index (χ0) is 25.2. The van der Waals surface area contributed by atoms with Gasteiger partial charge in [0, 0.05) is 24.1 Å². The fraction of sp³-hybridized carbons (Fsp3) is 0.560. The molecule has 0 aliphatic heterocycles. The van der Waals surface area contributed by atoms with Gasteiger partial charge in [-0.25, -0.2) is 4.79 Å². The van der Waals surface area contributed by atoms with Crippen molar-refractivity contribution < 1.29 is 28.9 Å². The summed E-state index contributed by atoms with van der Waals surface area (Å²) in [7, 11) is 0. The second-order valence-electron chi connectivity index (χ2n) is 8.53. The van der Waals surface area contributed by atoms with E-state index in [2.05, 4.69) is 37.9 Å². The Bertz CT molecular complexity index is 847. The first kappa shape index (κ1) is 29.1. The van der Waals surface area contributed by atoms with Gasteiger partial charge in [0.05, 0.1) is 39.5 Å². The number of ether oxygens (including phenoxy) is 3. The molecule has 0 heterocycles. The molecular weight excluding hydrogens is 438 g/mol. The Labute approximate surface area is 201 Å². The number of carbonyl (C=O) groups is 2. The van der Waals surface area contributed by atoms with Gasteiger partial charge in [-0.1, -0.05) is 38.8 Å². The molecule has 9 heteroatoms. The molecule has 0 bridgehead atoms. The van der Waals surface area contributed by atoms with Gasteiger partial charge in [-0.05, 0) is 36.1 Å². The van der Waals surface area contributed by atoms with Crippen molar-refractivity contribution in [3.63, 3.8) is 0 Å². The highest BCUT2D eigenvalue weighted by molar-refractivity contribution is 5.90. The maximum Gasteiger partial charge on any atom is 0.411 e. The highest BCUT2D eigenvalue weighted by Crippen LogP contribution is 2.32. The Morgan fingerprint density at radius 1 is 1.00 bits per heavy atom. The first-order valence-electron chi connectivity index (χ1n) is 11.2. The van der Waals surface area contributed by atoms with Crippen molar-refractivity contribution in [3.8, 4) is 17.9 Å². The minimum absolute atomic E-state index is 0.0120. The van der Waals surface area contributed by atoms with Crippen LogP contribution in [0, 0.1) is 28.6 Å². The second kappa shape index (κ2) is 16.6. The first-order chi connectivity index (χ1) is 16.2. The van der Waals surface area contributed by atoms with E-state index < -0.39 is 12.0 Å². The number of carboxylic acid groups (broad SMARTS) is 1. The molecule has 1 aromatic carbocycles. The van der Waals surface area contributed by atoms with Crippen LogP contribution in [0.5, 0.6) is 0 Å². The summed E-state index contributed by atoms with van der Waals surface area (Å²) in [5, 5.41) is 22.3. The number of hydrogen-bond acceptors (Lipinski definition) is 7. The van der Waals surface area contributed by atoms with E-state index >= 15 is 0 Å². The van der Waals surface area contributed by atoms with Gasteiger partial charge in [-0.3, -0.25) is 10.1 Å². The number of nitrogens with one attached hydrogen (secondary N) is 2. The molecule has 0 saturated heterocycles. The Kier molecular flexibility index (Phi) is 14.2. The van der Waals surface area contributed by atoms with Gasteiger partial charge >= 0.3 is 6.09 Å². The third kappa shape index (κ3) is 13.6. The van der Waals surface area contributed by atoms with Crippen LogP contribution < -0.4 is 10.6 Å². The molecule has 0 aromatic heterocycles. The number of benzene rings is 1. The van der Waals surface area contributed by atoms with Crippen molar-refractivity contribution in [2.75, 3.05) is 46.2 Å². The lowest BCUT2D eigenvalue weighted by atomic mass is 9.82. The molecule has 0 fully saturated rings. The monoisotopic (exact) mass is 473 g/mol. The molecule has 3 N–H and O–H groups in total. The maximum atomic E-state index is 11.1. The normalized spacial score (nSPS) is 11.7. The average molecular weight is 474 g/mol. The summed E-state index contributed by atoms with van der Waals surface area (Å²) in [4.78, 5) is 21.4. The quantitative estimate of drug-likeness (QED) is 0.262. The van der Waals surface area contributed by atoms with Crippen LogP contribution in [0.25, 0.3) is 0 Å². The molecule has 1 unspecified atom stereocenters. The molecule has 0 saturated carbocycles. The van der Waals surface area contributed by atoms with Gasteiger partial charge in [0.15, 0.2) is 6.07 Å². The minimum Gasteiger partial charge on any atom is -0.465 e. The van der Waals surface area contributed by atoms with Crippen LogP contribution >= 0.6 is 0 Å². The Morgan fingerprint density at radius 2 is 1.59 bits per heavy atom. The van der Waals surface area contributed by atoms with Crippen molar-refractivity contribution >= 4 is 12.0 Å². The van der Waals surface area contributed by atoms with Crippen LogP contribution in [0.3, 0.4) is 0 Å². The van der Waals surface area contributed by atoms with Crippen molar-refractivity contribution in [2.24, 2.45) is 5.41 Å². The van der Waals surface area contributed by atoms with E-state index in [9.17, 15) is 9.59 Å². The number of nitriles is 1. The zero-order valence-corrected chi connectivity index (χ0v) is 20.2. The van der Waals surface area contributed by atoms with Crippen molar-refractivity contribution in [1.82, 2.24) is 10.6 Å². The Morgan fingerprint density at radius 3 is 2.15 bits per heavy atom.